The number of thioether (sulfide) groups is 1. The van der Waals surface area contributed by atoms with E-state index in [0.717, 1.165) is 18.6 Å². The van der Waals surface area contributed by atoms with Crippen molar-refractivity contribution in [3.63, 3.8) is 0 Å². The van der Waals surface area contributed by atoms with Crippen LogP contribution in [0.2, 0.25) is 0 Å². The maximum atomic E-state index is 13.0. The van der Waals surface area contributed by atoms with Gasteiger partial charge in [0.1, 0.15) is 18.1 Å². The number of hydrogen-bond acceptors (Lipinski definition) is 13. The number of nitrogens with two attached hydrogens (primary N) is 2. The zero-order valence-electron chi connectivity index (χ0n) is 33.8. The topological polar surface area (TPSA) is 371 Å². The zero-order chi connectivity index (χ0) is 44.6. The fourth-order valence-corrected chi connectivity index (χ4v) is 8.04. The van der Waals surface area contributed by atoms with Gasteiger partial charge in [0.2, 0.25) is 47.3 Å². The van der Waals surface area contributed by atoms with E-state index >= 15 is 0 Å². The minimum absolute atomic E-state index is 0.0933. The maximum Gasteiger partial charge on any atom is 0.315 e. The second-order valence-electron chi connectivity index (χ2n) is 14.7. The van der Waals surface area contributed by atoms with Crippen LogP contribution in [0.15, 0.2) is 0 Å². The number of amides is 10. The number of carbonyl (C=O) groups is 10. The summed E-state index contributed by atoms with van der Waals surface area (Å²) in [5, 5.41) is 38.8. The lowest BCUT2D eigenvalue weighted by atomic mass is 9.96. The molecule has 60 heavy (non-hydrogen) atoms. The Bertz CT molecular complexity index is 1520. The molecule has 2 rings (SSSR count). The molecular formula is C36H61N11O12S. The van der Waals surface area contributed by atoms with Gasteiger partial charge in [-0.3, -0.25) is 48.4 Å². The van der Waals surface area contributed by atoms with Crippen LogP contribution in [0.4, 0.5) is 4.79 Å². The first-order valence-electron chi connectivity index (χ1n) is 20.1. The smallest absolute Gasteiger partial charge is 0.315 e. The van der Waals surface area contributed by atoms with E-state index in [9.17, 15) is 47.9 Å². The number of primary amides is 1. The summed E-state index contributed by atoms with van der Waals surface area (Å²) in [6.45, 7) is 0.819. The molecule has 2 fully saturated rings. The van der Waals surface area contributed by atoms with E-state index in [2.05, 4.69) is 42.5 Å². The molecule has 7 atom stereocenters. The number of carbonyl (C=O) groups excluding carboxylic acids is 9. The minimum Gasteiger partial charge on any atom is -0.481 e. The van der Waals surface area contributed by atoms with Crippen LogP contribution in [0.25, 0.3) is 0 Å². The second kappa shape index (κ2) is 27.5. The quantitative estimate of drug-likeness (QED) is 0.0146. The first-order valence-corrected chi connectivity index (χ1v) is 21.1. The van der Waals surface area contributed by atoms with Gasteiger partial charge in [0.05, 0.1) is 25.2 Å². The Balaban J connectivity index is 1.68. The number of carboxylic acids is 1. The van der Waals surface area contributed by atoms with Crippen molar-refractivity contribution in [2.24, 2.45) is 17.4 Å². The van der Waals surface area contributed by atoms with Crippen molar-refractivity contribution in [1.29, 1.82) is 0 Å². The van der Waals surface area contributed by atoms with Gasteiger partial charge in [-0.1, -0.05) is 12.8 Å². The number of urea groups is 1. The van der Waals surface area contributed by atoms with Gasteiger partial charge in [-0.2, -0.15) is 11.8 Å². The molecule has 2 aliphatic heterocycles. The Labute approximate surface area is 351 Å². The highest BCUT2D eigenvalue weighted by molar-refractivity contribution is 8.00. The van der Waals surface area contributed by atoms with Gasteiger partial charge in [0.25, 0.3) is 0 Å². The highest BCUT2D eigenvalue weighted by Gasteiger charge is 2.42. The molecule has 2 heterocycles. The van der Waals surface area contributed by atoms with Crippen LogP contribution in [-0.4, -0.2) is 137 Å². The third-order valence-electron chi connectivity index (χ3n) is 9.84. The Hall–Kier alpha value is -5.23. The molecule has 2 saturated heterocycles. The lowest BCUT2D eigenvalue weighted by molar-refractivity contribution is -0.139. The van der Waals surface area contributed by atoms with Gasteiger partial charge in [0, 0.05) is 42.7 Å². The summed E-state index contributed by atoms with van der Waals surface area (Å²) in [6.07, 6.45) is 3.91. The first kappa shape index (κ1) is 50.9. The molecule has 0 radical (unpaired) electrons. The second-order valence-corrected chi connectivity index (χ2v) is 15.9. The van der Waals surface area contributed by atoms with E-state index in [1.54, 1.807) is 0 Å². The van der Waals surface area contributed by atoms with Crippen molar-refractivity contribution < 1.29 is 58.3 Å². The normalized spacial score (nSPS) is 18.5. The van der Waals surface area contributed by atoms with Crippen molar-refractivity contribution in [3.8, 4) is 0 Å². The van der Waals surface area contributed by atoms with Crippen molar-refractivity contribution >= 4 is 71.0 Å². The van der Waals surface area contributed by atoms with Crippen molar-refractivity contribution in [3.05, 3.63) is 0 Å². The third-order valence-corrected chi connectivity index (χ3v) is 11.3. The van der Waals surface area contributed by atoms with Crippen LogP contribution in [0.1, 0.15) is 90.4 Å². The van der Waals surface area contributed by atoms with Crippen molar-refractivity contribution in [1.82, 2.24) is 48.0 Å². The van der Waals surface area contributed by atoms with Gasteiger partial charge in [0.15, 0.2) is 0 Å². The van der Waals surface area contributed by atoms with Crippen LogP contribution in [-0.2, 0) is 43.2 Å². The molecule has 0 aromatic rings. The summed E-state index contributed by atoms with van der Waals surface area (Å²) < 4.78 is 0. The van der Waals surface area contributed by atoms with Crippen LogP contribution < -0.4 is 59.5 Å². The predicted molar refractivity (Wildman–Crippen MR) is 215 cm³/mol. The predicted octanol–water partition coefficient (Wildman–Crippen LogP) is -3.30. The van der Waals surface area contributed by atoms with Crippen molar-refractivity contribution in [2.75, 3.05) is 31.9 Å². The summed E-state index contributed by atoms with van der Waals surface area (Å²) in [5.74, 6) is -7.08. The standard InChI is InChI=1S/C36H61N11O12S/c1-20(42-35(57)23(12-13-30(52)53)44-34(56)21(8-4-6-14-37)16-27(49)47-59)33(55)41-17-28(50)40-18-29(51)43-22(32(38)54)9-5-7-15-39-26(48)11-3-2-10-25-31-24(19-60-25)45-36(58)46-31/h20-25,31,59H,2-19,37H2,1H3,(H2,38,54)(H,39,48)(H,40,50)(H,41,55)(H,42,57)(H,43,51)(H,44,56)(H,47,49)(H,52,53)(H2,45,46,58)/t20-,21?,22-,23-,24-,25-,31-/m0/s1. The molecule has 0 saturated carbocycles. The Kier molecular flexibility index (Phi) is 23.3. The number of nitrogens with one attached hydrogen (secondary N) is 9. The minimum atomic E-state index is -1.41. The van der Waals surface area contributed by atoms with Crippen molar-refractivity contribution in [2.45, 2.75) is 126 Å². The summed E-state index contributed by atoms with van der Waals surface area (Å²) in [4.78, 5) is 122. The molecule has 338 valence electrons. The van der Waals surface area contributed by atoms with Crippen LogP contribution in [0, 0.1) is 5.92 Å². The van der Waals surface area contributed by atoms with Crippen LogP contribution >= 0.6 is 11.8 Å². The molecular weight excluding hydrogens is 811 g/mol. The van der Waals surface area contributed by atoms with Gasteiger partial charge in [-0.05, 0) is 64.8 Å². The van der Waals surface area contributed by atoms with E-state index in [4.69, 9.17) is 21.8 Å². The average molecular weight is 872 g/mol. The molecule has 0 spiro atoms. The number of aliphatic carboxylic acids is 1. The molecule has 0 aromatic heterocycles. The molecule has 24 heteroatoms. The van der Waals surface area contributed by atoms with Gasteiger partial charge in [-0.25, -0.2) is 10.3 Å². The summed E-state index contributed by atoms with van der Waals surface area (Å²) in [7, 11) is 0. The van der Waals surface area contributed by atoms with Crippen LogP contribution in [0.5, 0.6) is 0 Å². The number of unbranched alkanes of at least 4 members (excludes halogenated alkanes) is 3. The van der Waals surface area contributed by atoms with Gasteiger partial charge < -0.3 is 59.1 Å². The summed E-state index contributed by atoms with van der Waals surface area (Å²) >= 11 is 1.83. The van der Waals surface area contributed by atoms with Gasteiger partial charge >= 0.3 is 12.0 Å². The molecule has 10 amide bonds. The van der Waals surface area contributed by atoms with E-state index in [0.29, 0.717) is 56.9 Å². The lowest BCUT2D eigenvalue weighted by Crippen LogP contribution is -2.54. The van der Waals surface area contributed by atoms with Crippen LogP contribution in [0.3, 0.4) is 0 Å². The van der Waals surface area contributed by atoms with E-state index in [1.165, 1.54) is 12.4 Å². The SMILES string of the molecule is C[C@H](NC(=O)[C@H](CCC(=O)O)NC(=O)C(CCCCN)CC(=O)NO)C(=O)NCC(=O)NCC(=O)N[C@@H](CCCCNC(=O)CCCC[C@@H]1SC[C@@H]2NC(=O)N[C@@H]21)C(N)=O. The summed E-state index contributed by atoms with van der Waals surface area (Å²) in [5.41, 5.74) is 12.4. The molecule has 23 nitrogen and oxygen atoms in total. The van der Waals surface area contributed by atoms with E-state index in [1.807, 2.05) is 11.8 Å². The Morgan fingerprint density at radius 1 is 0.750 bits per heavy atom. The molecule has 2 aliphatic rings. The lowest BCUT2D eigenvalue weighted by Gasteiger charge is -2.23. The number of carboxylic acid groups (broad SMARTS) is 1. The zero-order valence-corrected chi connectivity index (χ0v) is 34.6. The molecule has 0 bridgehead atoms. The Morgan fingerprint density at radius 2 is 1.47 bits per heavy atom. The third kappa shape index (κ3) is 19.7. The number of hydroxylamine groups is 1. The fourth-order valence-electron chi connectivity index (χ4n) is 6.49. The number of hydrogen-bond donors (Lipinski definition) is 13. The maximum absolute atomic E-state index is 13.0. The number of fused-ring (bicyclic) bond motifs is 1. The Morgan fingerprint density at radius 3 is 2.15 bits per heavy atom. The van der Waals surface area contributed by atoms with E-state index < -0.39 is 97.3 Å². The fraction of sp³-hybridized carbons (Fsp3) is 0.722. The molecule has 1 unspecified atom stereocenters. The molecule has 0 aliphatic carbocycles. The highest BCUT2D eigenvalue weighted by Crippen LogP contribution is 2.33. The monoisotopic (exact) mass is 871 g/mol. The van der Waals surface area contributed by atoms with E-state index in [-0.39, 0.29) is 43.3 Å². The molecule has 0 aromatic carbocycles. The highest BCUT2D eigenvalue weighted by atomic mass is 32.2. The molecule has 15 N–H and O–H groups in total. The number of rotatable bonds is 30. The first-order chi connectivity index (χ1) is 28.5. The average Bonchev–Trinajstić information content (AvgIpc) is 3.76. The van der Waals surface area contributed by atoms with Gasteiger partial charge in [-0.15, -0.1) is 0 Å². The summed E-state index contributed by atoms with van der Waals surface area (Å²) in [6, 6.07) is -3.55. The largest absolute Gasteiger partial charge is 0.481 e.